The summed E-state index contributed by atoms with van der Waals surface area (Å²) in [5.41, 5.74) is 2.54. The number of aromatic nitrogens is 1. The van der Waals surface area contributed by atoms with Crippen LogP contribution in [0.25, 0.3) is 11.1 Å². The van der Waals surface area contributed by atoms with Crippen LogP contribution in [-0.4, -0.2) is 24.0 Å². The molecule has 1 saturated heterocycles. The highest BCUT2D eigenvalue weighted by Crippen LogP contribution is 2.26. The maximum absolute atomic E-state index is 12.6. The molecule has 0 radical (unpaired) electrons. The molecule has 0 saturated carbocycles. The molecule has 1 aromatic heterocycles. The molecule has 1 atom stereocenters. The molecule has 26 heavy (non-hydrogen) atoms. The summed E-state index contributed by atoms with van der Waals surface area (Å²) in [6.07, 6.45) is 1.80. The first-order valence-electron chi connectivity index (χ1n) is 8.82. The summed E-state index contributed by atoms with van der Waals surface area (Å²) in [6.45, 7) is 1.90. The van der Waals surface area contributed by atoms with Gasteiger partial charge in [-0.05, 0) is 36.6 Å². The van der Waals surface area contributed by atoms with Gasteiger partial charge in [0.25, 0.3) is 6.01 Å². The van der Waals surface area contributed by atoms with E-state index >= 15 is 0 Å². The van der Waals surface area contributed by atoms with Crippen LogP contribution in [0.5, 0.6) is 0 Å². The predicted molar refractivity (Wildman–Crippen MR) is 102 cm³/mol. The molecule has 2 heterocycles. The van der Waals surface area contributed by atoms with Crippen molar-refractivity contribution in [3.05, 3.63) is 59.1 Å². The Labute approximate surface area is 157 Å². The molecule has 2 aromatic carbocycles. The smallest absolute Gasteiger partial charge is 0.298 e. The molecule has 1 aliphatic heterocycles. The predicted octanol–water partition coefficient (Wildman–Crippen LogP) is 4.01. The molecule has 1 amide bonds. The van der Waals surface area contributed by atoms with E-state index in [1.54, 1.807) is 0 Å². The highest BCUT2D eigenvalue weighted by molar-refractivity contribution is 6.31. The monoisotopic (exact) mass is 369 g/mol. The van der Waals surface area contributed by atoms with Gasteiger partial charge in [0, 0.05) is 24.7 Å². The lowest BCUT2D eigenvalue weighted by molar-refractivity contribution is -0.125. The van der Waals surface area contributed by atoms with Crippen molar-refractivity contribution < 1.29 is 9.21 Å². The average molecular weight is 370 g/mol. The van der Waals surface area contributed by atoms with Crippen LogP contribution >= 0.6 is 11.6 Å². The van der Waals surface area contributed by atoms with Gasteiger partial charge < -0.3 is 14.6 Å². The van der Waals surface area contributed by atoms with Crippen LogP contribution in [0.1, 0.15) is 18.4 Å². The third kappa shape index (κ3) is 3.53. The maximum Gasteiger partial charge on any atom is 0.298 e. The SMILES string of the molecule is O=C(NCc1ccccc1Cl)C1CCCN(c2nc3ccccc3o2)C1. The van der Waals surface area contributed by atoms with Crippen LogP contribution in [0.4, 0.5) is 6.01 Å². The molecule has 1 aliphatic rings. The van der Waals surface area contributed by atoms with Gasteiger partial charge in [0.2, 0.25) is 5.91 Å². The number of nitrogens with zero attached hydrogens (tertiary/aromatic N) is 2. The summed E-state index contributed by atoms with van der Waals surface area (Å²) in [5.74, 6) is -0.0352. The van der Waals surface area contributed by atoms with E-state index < -0.39 is 0 Å². The van der Waals surface area contributed by atoms with Crippen LogP contribution < -0.4 is 10.2 Å². The van der Waals surface area contributed by atoms with Crippen LogP contribution in [0, 0.1) is 5.92 Å². The number of nitrogens with one attached hydrogen (secondary N) is 1. The number of amides is 1. The summed E-state index contributed by atoms with van der Waals surface area (Å²) >= 11 is 6.16. The fourth-order valence-corrected chi connectivity index (χ4v) is 3.53. The fourth-order valence-electron chi connectivity index (χ4n) is 3.33. The second kappa shape index (κ2) is 7.38. The third-order valence-corrected chi connectivity index (χ3v) is 5.12. The molecule has 0 aliphatic carbocycles. The molecule has 1 fully saturated rings. The van der Waals surface area contributed by atoms with E-state index in [1.807, 2.05) is 48.5 Å². The van der Waals surface area contributed by atoms with Gasteiger partial charge in [-0.15, -0.1) is 0 Å². The number of rotatable bonds is 4. The van der Waals surface area contributed by atoms with Crippen molar-refractivity contribution in [1.82, 2.24) is 10.3 Å². The lowest BCUT2D eigenvalue weighted by Crippen LogP contribution is -2.43. The molecule has 1 unspecified atom stereocenters. The minimum atomic E-state index is -0.0822. The van der Waals surface area contributed by atoms with Gasteiger partial charge in [-0.25, -0.2) is 0 Å². The van der Waals surface area contributed by atoms with Crippen LogP contribution in [0.3, 0.4) is 0 Å². The number of piperidine rings is 1. The molecule has 5 nitrogen and oxygen atoms in total. The number of carbonyl (C=O) groups is 1. The first-order chi connectivity index (χ1) is 12.7. The van der Waals surface area contributed by atoms with E-state index in [9.17, 15) is 4.79 Å². The summed E-state index contributed by atoms with van der Waals surface area (Å²) < 4.78 is 5.85. The lowest BCUT2D eigenvalue weighted by Gasteiger charge is -2.30. The zero-order valence-corrected chi connectivity index (χ0v) is 15.1. The van der Waals surface area contributed by atoms with Crippen molar-refractivity contribution in [2.75, 3.05) is 18.0 Å². The van der Waals surface area contributed by atoms with Crippen molar-refractivity contribution in [3.63, 3.8) is 0 Å². The van der Waals surface area contributed by atoms with Crippen molar-refractivity contribution in [3.8, 4) is 0 Å². The second-order valence-corrected chi connectivity index (χ2v) is 6.97. The summed E-state index contributed by atoms with van der Waals surface area (Å²) in [5, 5.41) is 3.68. The van der Waals surface area contributed by atoms with Gasteiger partial charge in [0.05, 0.1) is 5.92 Å². The Bertz CT molecular complexity index is 891. The van der Waals surface area contributed by atoms with Gasteiger partial charge >= 0.3 is 0 Å². The van der Waals surface area contributed by atoms with Crippen LogP contribution in [0.2, 0.25) is 5.02 Å². The van der Waals surface area contributed by atoms with Crippen LogP contribution in [-0.2, 0) is 11.3 Å². The number of halogens is 1. The number of benzene rings is 2. The number of carbonyl (C=O) groups excluding carboxylic acids is 1. The van der Waals surface area contributed by atoms with Gasteiger partial charge in [-0.2, -0.15) is 4.98 Å². The second-order valence-electron chi connectivity index (χ2n) is 6.56. The van der Waals surface area contributed by atoms with Crippen LogP contribution in [0.15, 0.2) is 52.9 Å². The number of anilines is 1. The van der Waals surface area contributed by atoms with E-state index in [0.29, 0.717) is 24.1 Å². The summed E-state index contributed by atoms with van der Waals surface area (Å²) in [7, 11) is 0. The Balaban J connectivity index is 1.41. The molecule has 4 rings (SSSR count). The quantitative estimate of drug-likeness (QED) is 0.754. The largest absolute Gasteiger partial charge is 0.423 e. The number of oxazole rings is 1. The van der Waals surface area contributed by atoms with Gasteiger partial charge in [0.1, 0.15) is 5.52 Å². The molecule has 0 spiro atoms. The van der Waals surface area contributed by atoms with Crippen molar-refractivity contribution in [1.29, 1.82) is 0 Å². The number of hydrogen-bond donors (Lipinski definition) is 1. The normalized spacial score (nSPS) is 17.4. The fraction of sp³-hybridized carbons (Fsp3) is 0.300. The minimum Gasteiger partial charge on any atom is -0.423 e. The Kier molecular flexibility index (Phi) is 4.80. The molecule has 134 valence electrons. The van der Waals surface area contributed by atoms with E-state index in [0.717, 1.165) is 36.0 Å². The standard InChI is InChI=1S/C20H20ClN3O2/c21-16-8-2-1-6-14(16)12-22-19(25)15-7-5-11-24(13-15)20-23-17-9-3-4-10-18(17)26-20/h1-4,6,8-10,15H,5,7,11-13H2,(H,22,25). The van der Waals surface area contributed by atoms with E-state index in [1.165, 1.54) is 0 Å². The average Bonchev–Trinajstić information content (AvgIpc) is 3.11. The summed E-state index contributed by atoms with van der Waals surface area (Å²) in [6, 6.07) is 15.9. The lowest BCUT2D eigenvalue weighted by atomic mass is 9.97. The first kappa shape index (κ1) is 16.9. The third-order valence-electron chi connectivity index (χ3n) is 4.76. The van der Waals surface area contributed by atoms with Crippen molar-refractivity contribution in [2.45, 2.75) is 19.4 Å². The minimum absolute atomic E-state index is 0.0470. The van der Waals surface area contributed by atoms with Gasteiger partial charge in [-0.1, -0.05) is 41.9 Å². The van der Waals surface area contributed by atoms with E-state index in [-0.39, 0.29) is 11.8 Å². The Morgan fingerprint density at radius 3 is 2.88 bits per heavy atom. The Morgan fingerprint density at radius 2 is 2.04 bits per heavy atom. The van der Waals surface area contributed by atoms with Crippen molar-refractivity contribution in [2.24, 2.45) is 5.92 Å². The molecule has 0 bridgehead atoms. The molecule has 6 heteroatoms. The van der Waals surface area contributed by atoms with Crippen molar-refractivity contribution >= 4 is 34.6 Å². The van der Waals surface area contributed by atoms with Gasteiger partial charge in [0.15, 0.2) is 5.58 Å². The maximum atomic E-state index is 12.6. The zero-order chi connectivity index (χ0) is 17.9. The number of para-hydroxylation sites is 2. The Morgan fingerprint density at radius 1 is 1.23 bits per heavy atom. The molecular formula is C20H20ClN3O2. The Hall–Kier alpha value is -2.53. The molecule has 1 N–H and O–H groups in total. The molecule has 3 aromatic rings. The van der Waals surface area contributed by atoms with E-state index in [2.05, 4.69) is 15.2 Å². The highest BCUT2D eigenvalue weighted by atomic mass is 35.5. The zero-order valence-electron chi connectivity index (χ0n) is 14.3. The van der Waals surface area contributed by atoms with Gasteiger partial charge in [-0.3, -0.25) is 4.79 Å². The molecular weight excluding hydrogens is 350 g/mol. The number of fused-ring (bicyclic) bond motifs is 1. The number of hydrogen-bond acceptors (Lipinski definition) is 4. The first-order valence-corrected chi connectivity index (χ1v) is 9.20. The highest BCUT2D eigenvalue weighted by Gasteiger charge is 2.28. The van der Waals surface area contributed by atoms with E-state index in [4.69, 9.17) is 16.0 Å². The topological polar surface area (TPSA) is 58.4 Å². The summed E-state index contributed by atoms with van der Waals surface area (Å²) in [4.78, 5) is 19.2.